The molecule has 4 rings (SSSR count). The van der Waals surface area contributed by atoms with Gasteiger partial charge in [-0.25, -0.2) is 9.67 Å². The predicted octanol–water partition coefficient (Wildman–Crippen LogP) is 4.27. The van der Waals surface area contributed by atoms with E-state index in [1.807, 2.05) is 67.2 Å². The van der Waals surface area contributed by atoms with E-state index in [1.165, 1.54) is 0 Å². The van der Waals surface area contributed by atoms with Crippen LogP contribution in [0.4, 0.5) is 0 Å². The molecule has 1 aliphatic carbocycles. The van der Waals surface area contributed by atoms with E-state index in [4.69, 9.17) is 4.74 Å². The number of nitrogens with one attached hydrogen (secondary N) is 1. The van der Waals surface area contributed by atoms with E-state index in [0.717, 1.165) is 54.1 Å². The average molecular weight is 405 g/mol. The fraction of sp³-hybridized carbons (Fsp3) is 0.375. The zero-order chi connectivity index (χ0) is 21.1. The Morgan fingerprint density at radius 3 is 2.53 bits per heavy atom. The van der Waals surface area contributed by atoms with Crippen molar-refractivity contribution < 1.29 is 9.53 Å². The summed E-state index contributed by atoms with van der Waals surface area (Å²) >= 11 is 0. The first-order chi connectivity index (χ1) is 14.5. The highest BCUT2D eigenvalue weighted by atomic mass is 16.5. The third kappa shape index (κ3) is 3.58. The van der Waals surface area contributed by atoms with Crippen LogP contribution in [0.25, 0.3) is 5.82 Å². The molecule has 156 valence electrons. The number of pyridine rings is 1. The maximum Gasteiger partial charge on any atom is 0.231 e. The third-order valence-corrected chi connectivity index (χ3v) is 6.26. The molecule has 1 atom stereocenters. The second kappa shape index (κ2) is 8.30. The molecule has 1 unspecified atom stereocenters. The Morgan fingerprint density at radius 2 is 1.90 bits per heavy atom. The molecule has 1 fully saturated rings. The van der Waals surface area contributed by atoms with E-state index in [0.29, 0.717) is 0 Å². The molecule has 6 heteroatoms. The molecule has 1 aromatic carbocycles. The summed E-state index contributed by atoms with van der Waals surface area (Å²) in [6.07, 6.45) is 7.42. The molecule has 2 heterocycles. The highest BCUT2D eigenvalue weighted by molar-refractivity contribution is 5.89. The first-order valence-corrected chi connectivity index (χ1v) is 10.5. The van der Waals surface area contributed by atoms with Crippen molar-refractivity contribution in [2.45, 2.75) is 51.0 Å². The van der Waals surface area contributed by atoms with E-state index < -0.39 is 5.41 Å². The number of hydrogen-bond donors (Lipinski definition) is 1. The van der Waals surface area contributed by atoms with Crippen LogP contribution in [0.15, 0.2) is 54.9 Å². The summed E-state index contributed by atoms with van der Waals surface area (Å²) in [7, 11) is 1.65. The van der Waals surface area contributed by atoms with Crippen molar-refractivity contribution in [2.75, 3.05) is 7.11 Å². The Bertz CT molecular complexity index is 1010. The molecule has 0 bridgehead atoms. The van der Waals surface area contributed by atoms with Crippen molar-refractivity contribution in [1.82, 2.24) is 20.1 Å². The number of carbonyl (C=O) groups is 1. The van der Waals surface area contributed by atoms with Crippen molar-refractivity contribution in [2.24, 2.45) is 0 Å². The smallest absolute Gasteiger partial charge is 0.231 e. The summed E-state index contributed by atoms with van der Waals surface area (Å²) in [4.78, 5) is 17.9. The van der Waals surface area contributed by atoms with Gasteiger partial charge >= 0.3 is 0 Å². The highest BCUT2D eigenvalue weighted by Crippen LogP contribution is 2.42. The number of aromatic nitrogens is 3. The van der Waals surface area contributed by atoms with Crippen LogP contribution in [0.2, 0.25) is 0 Å². The summed E-state index contributed by atoms with van der Waals surface area (Å²) in [6.45, 7) is 4.02. The lowest BCUT2D eigenvalue weighted by Gasteiger charge is -2.30. The molecule has 30 heavy (non-hydrogen) atoms. The van der Waals surface area contributed by atoms with Crippen molar-refractivity contribution in [1.29, 1.82) is 0 Å². The van der Waals surface area contributed by atoms with Gasteiger partial charge in [-0.3, -0.25) is 4.79 Å². The number of amides is 1. The van der Waals surface area contributed by atoms with E-state index >= 15 is 0 Å². The topological polar surface area (TPSA) is 69.0 Å². The number of hydrogen-bond acceptors (Lipinski definition) is 4. The van der Waals surface area contributed by atoms with Gasteiger partial charge in [0.2, 0.25) is 5.91 Å². The van der Waals surface area contributed by atoms with E-state index in [2.05, 4.69) is 15.4 Å². The molecule has 1 saturated carbocycles. The Kier molecular flexibility index (Phi) is 5.57. The Hall–Kier alpha value is -3.15. The van der Waals surface area contributed by atoms with E-state index in [-0.39, 0.29) is 11.9 Å². The van der Waals surface area contributed by atoms with Crippen LogP contribution >= 0.6 is 0 Å². The van der Waals surface area contributed by atoms with E-state index in [9.17, 15) is 4.79 Å². The molecule has 1 aliphatic rings. The summed E-state index contributed by atoms with van der Waals surface area (Å²) in [5.41, 5.74) is 2.56. The predicted molar refractivity (Wildman–Crippen MR) is 116 cm³/mol. The van der Waals surface area contributed by atoms with Crippen molar-refractivity contribution >= 4 is 5.91 Å². The lowest BCUT2D eigenvalue weighted by atomic mass is 9.77. The second-order valence-corrected chi connectivity index (χ2v) is 8.00. The number of methoxy groups -OCH3 is 1. The minimum Gasteiger partial charge on any atom is -0.497 e. The molecule has 0 saturated heterocycles. The molecule has 1 N–H and O–H groups in total. The second-order valence-electron chi connectivity index (χ2n) is 8.00. The number of nitrogens with zero attached hydrogens (tertiary/aromatic N) is 3. The number of rotatable bonds is 6. The summed E-state index contributed by atoms with van der Waals surface area (Å²) in [5, 5.41) is 7.76. The molecule has 0 spiro atoms. The van der Waals surface area contributed by atoms with Gasteiger partial charge in [0.15, 0.2) is 5.82 Å². The first kappa shape index (κ1) is 20.1. The van der Waals surface area contributed by atoms with Crippen LogP contribution in [0.1, 0.15) is 55.5 Å². The minimum atomic E-state index is -0.481. The molecule has 1 amide bonds. The zero-order valence-electron chi connectivity index (χ0n) is 17.8. The summed E-state index contributed by atoms with van der Waals surface area (Å²) < 4.78 is 7.10. The van der Waals surface area contributed by atoms with Crippen LogP contribution in [-0.4, -0.2) is 27.8 Å². The van der Waals surface area contributed by atoms with Gasteiger partial charge in [-0.2, -0.15) is 5.10 Å². The minimum absolute atomic E-state index is 0.0858. The Morgan fingerprint density at radius 1 is 1.17 bits per heavy atom. The van der Waals surface area contributed by atoms with Crippen LogP contribution < -0.4 is 10.1 Å². The van der Waals surface area contributed by atoms with Crippen LogP contribution in [-0.2, 0) is 10.2 Å². The van der Waals surface area contributed by atoms with Crippen molar-refractivity contribution in [3.05, 3.63) is 71.7 Å². The van der Waals surface area contributed by atoms with Gasteiger partial charge in [-0.1, -0.05) is 31.0 Å². The highest BCUT2D eigenvalue weighted by Gasteiger charge is 2.43. The van der Waals surface area contributed by atoms with Gasteiger partial charge in [-0.05, 0) is 56.5 Å². The molecule has 3 aromatic rings. The lowest BCUT2D eigenvalue weighted by Crippen LogP contribution is -2.43. The van der Waals surface area contributed by atoms with Gasteiger partial charge in [0.25, 0.3) is 0 Å². The normalized spacial score (nSPS) is 16.2. The number of ether oxygens (including phenoxy) is 1. The third-order valence-electron chi connectivity index (χ3n) is 6.26. The first-order valence-electron chi connectivity index (χ1n) is 10.5. The van der Waals surface area contributed by atoms with Gasteiger partial charge < -0.3 is 10.1 Å². The maximum absolute atomic E-state index is 13.5. The van der Waals surface area contributed by atoms with E-state index in [1.54, 1.807) is 13.3 Å². The van der Waals surface area contributed by atoms with Gasteiger partial charge in [0.1, 0.15) is 5.75 Å². The standard InChI is InChI=1S/C24H28N4O2/c1-17(21-16-26-28(18(21)2)22-8-4-7-15-25-22)27-23(29)24(13-5-6-14-24)19-9-11-20(30-3)12-10-19/h4,7-12,15-17H,5-6,13-14H2,1-3H3,(H,27,29). The van der Waals surface area contributed by atoms with Crippen LogP contribution in [0, 0.1) is 6.92 Å². The lowest BCUT2D eigenvalue weighted by molar-refractivity contribution is -0.127. The van der Waals surface area contributed by atoms with Gasteiger partial charge in [0.05, 0.1) is 24.8 Å². The van der Waals surface area contributed by atoms with Gasteiger partial charge in [0, 0.05) is 17.5 Å². The van der Waals surface area contributed by atoms with Crippen molar-refractivity contribution in [3.63, 3.8) is 0 Å². The molecule has 0 radical (unpaired) electrons. The van der Waals surface area contributed by atoms with Crippen LogP contribution in [0.3, 0.4) is 0 Å². The molecular weight excluding hydrogens is 376 g/mol. The molecule has 2 aromatic heterocycles. The molecular formula is C24H28N4O2. The SMILES string of the molecule is COc1ccc(C2(C(=O)NC(C)c3cnn(-c4ccccn4)c3C)CCCC2)cc1. The zero-order valence-corrected chi connectivity index (χ0v) is 17.8. The molecule has 0 aliphatic heterocycles. The largest absolute Gasteiger partial charge is 0.497 e. The van der Waals surface area contributed by atoms with Crippen LogP contribution in [0.5, 0.6) is 5.75 Å². The molecule has 6 nitrogen and oxygen atoms in total. The fourth-order valence-corrected chi connectivity index (χ4v) is 4.51. The Labute approximate surface area is 177 Å². The maximum atomic E-state index is 13.5. The fourth-order valence-electron chi connectivity index (χ4n) is 4.51. The van der Waals surface area contributed by atoms with Gasteiger partial charge in [-0.15, -0.1) is 0 Å². The average Bonchev–Trinajstić information content (AvgIpc) is 3.42. The quantitative estimate of drug-likeness (QED) is 0.666. The summed E-state index contributed by atoms with van der Waals surface area (Å²) in [5.74, 6) is 1.66. The number of benzene rings is 1. The monoisotopic (exact) mass is 404 g/mol. The summed E-state index contributed by atoms with van der Waals surface area (Å²) in [6, 6.07) is 13.5. The number of carbonyl (C=O) groups excluding carboxylic acids is 1. The van der Waals surface area contributed by atoms with Crippen molar-refractivity contribution in [3.8, 4) is 11.6 Å². The Balaban J connectivity index is 1.57.